The van der Waals surface area contributed by atoms with Crippen LogP contribution in [0.1, 0.15) is 27.7 Å². The zero-order chi connectivity index (χ0) is 12.4. The summed E-state index contributed by atoms with van der Waals surface area (Å²) in [7, 11) is -2.56. The van der Waals surface area contributed by atoms with Gasteiger partial charge in [-0.2, -0.15) is 0 Å². The monoisotopic (exact) mass is 282 g/mol. The highest BCUT2D eigenvalue weighted by Gasteiger charge is 2.41. The Morgan fingerprint density at radius 1 is 1.00 bits per heavy atom. The molecule has 0 N–H and O–H groups in total. The summed E-state index contributed by atoms with van der Waals surface area (Å²) in [4.78, 5) is 0. The van der Waals surface area contributed by atoms with Gasteiger partial charge in [0.25, 0.3) is 0 Å². The minimum Gasteiger partial charge on any atom is -0.374 e. The van der Waals surface area contributed by atoms with Gasteiger partial charge in [-0.3, -0.25) is 0 Å². The Hall–Kier alpha value is 0.537. The zero-order valence-electron chi connectivity index (χ0n) is 10.6. The summed E-state index contributed by atoms with van der Waals surface area (Å²) < 4.78 is 18.1. The van der Waals surface area contributed by atoms with Crippen molar-refractivity contribution in [2.24, 2.45) is 0 Å². The molecule has 0 unspecified atom stereocenters. The summed E-state index contributed by atoms with van der Waals surface area (Å²) in [5.41, 5.74) is 0. The van der Waals surface area contributed by atoms with Gasteiger partial charge < -0.3 is 13.3 Å². The predicted octanol–water partition coefficient (Wildman–Crippen LogP) is 3.12. The Bertz CT molecular complexity index is 185. The molecule has 0 saturated carbocycles. The molecule has 0 aromatic heterocycles. The third kappa shape index (κ3) is 6.32. The molecule has 0 saturated heterocycles. The molecule has 0 rings (SSSR count). The first-order valence-corrected chi connectivity index (χ1v) is 9.04. The maximum atomic E-state index is 5.72. The molecule has 0 spiro atoms. The van der Waals surface area contributed by atoms with E-state index in [9.17, 15) is 0 Å². The first-order chi connectivity index (χ1) is 7.64. The van der Waals surface area contributed by atoms with Crippen molar-refractivity contribution < 1.29 is 13.3 Å². The maximum absolute atomic E-state index is 5.72. The van der Waals surface area contributed by atoms with Gasteiger partial charge in [0.1, 0.15) is 0 Å². The quantitative estimate of drug-likeness (QED) is 0.478. The highest BCUT2D eigenvalue weighted by molar-refractivity contribution is 8.23. The van der Waals surface area contributed by atoms with Crippen LogP contribution in [-0.4, -0.2) is 38.6 Å². The molecule has 0 aromatic carbocycles. The molecule has 0 atom stereocenters. The van der Waals surface area contributed by atoms with Crippen molar-refractivity contribution >= 4 is 37.0 Å². The summed E-state index contributed by atoms with van der Waals surface area (Å²) in [6.45, 7) is 9.76. The Morgan fingerprint density at radius 2 is 1.44 bits per heavy atom. The molecule has 0 aliphatic carbocycles. The second kappa shape index (κ2) is 9.56. The molecule has 0 fully saturated rings. The van der Waals surface area contributed by atoms with Crippen molar-refractivity contribution in [2.45, 2.75) is 33.7 Å². The normalized spacial score (nSPS) is 11.8. The molecule has 0 aliphatic heterocycles. The minimum absolute atomic E-state index is 0.603. The largest absolute Gasteiger partial charge is 0.506 e. The van der Waals surface area contributed by atoms with E-state index in [0.29, 0.717) is 25.9 Å². The third-order valence-corrected chi connectivity index (χ3v) is 6.50. The van der Waals surface area contributed by atoms with Crippen LogP contribution in [0.3, 0.4) is 0 Å². The molecule has 6 heteroatoms. The molecule has 0 bridgehead atoms. The fraction of sp³-hybridized carbons (Fsp3) is 0.900. The molecule has 0 radical (unpaired) electrons. The lowest BCUT2D eigenvalue weighted by molar-refractivity contribution is 0.0756. The lowest BCUT2D eigenvalue weighted by atomic mass is 10.9. The molecular weight excluding hydrogens is 260 g/mol. The van der Waals surface area contributed by atoms with Crippen LogP contribution in [0.5, 0.6) is 0 Å². The fourth-order valence-electron chi connectivity index (χ4n) is 1.33. The number of thioether (sulfide) groups is 1. The Morgan fingerprint density at radius 3 is 1.75 bits per heavy atom. The molecule has 96 valence electrons. The van der Waals surface area contributed by atoms with E-state index in [4.69, 9.17) is 25.5 Å². The molecule has 0 amide bonds. The fourth-order valence-corrected chi connectivity index (χ4v) is 5.70. The van der Waals surface area contributed by atoms with E-state index < -0.39 is 8.80 Å². The highest BCUT2D eigenvalue weighted by atomic mass is 32.2. The predicted molar refractivity (Wildman–Crippen MR) is 76.2 cm³/mol. The van der Waals surface area contributed by atoms with Crippen LogP contribution in [0.25, 0.3) is 0 Å². The van der Waals surface area contributed by atoms with E-state index >= 15 is 0 Å². The molecule has 0 heterocycles. The van der Waals surface area contributed by atoms with Crippen LogP contribution < -0.4 is 0 Å². The summed E-state index contributed by atoms with van der Waals surface area (Å²) in [6.07, 6.45) is 0. The van der Waals surface area contributed by atoms with Crippen molar-refractivity contribution in [1.82, 2.24) is 0 Å². The van der Waals surface area contributed by atoms with Crippen LogP contribution in [0, 0.1) is 0 Å². The number of hydrogen-bond acceptors (Lipinski definition) is 5. The molecule has 3 nitrogen and oxygen atoms in total. The average Bonchev–Trinajstić information content (AvgIpc) is 2.18. The Labute approximate surface area is 110 Å². The smallest absolute Gasteiger partial charge is 0.374 e. The van der Waals surface area contributed by atoms with Gasteiger partial charge >= 0.3 is 8.80 Å². The Kier molecular flexibility index (Phi) is 9.88. The summed E-state index contributed by atoms with van der Waals surface area (Å²) in [5.74, 6) is 0.980. The number of thiocarbonyl (C=S) groups is 1. The molecule has 0 aromatic rings. The van der Waals surface area contributed by atoms with E-state index in [-0.39, 0.29) is 0 Å². The van der Waals surface area contributed by atoms with Gasteiger partial charge in [0.05, 0.1) is 10.2 Å². The maximum Gasteiger partial charge on any atom is 0.506 e. The van der Waals surface area contributed by atoms with Crippen molar-refractivity contribution in [1.29, 1.82) is 0 Å². The average molecular weight is 283 g/mol. The second-order valence-electron chi connectivity index (χ2n) is 2.96. The van der Waals surface area contributed by atoms with Gasteiger partial charge in [-0.05, 0) is 26.5 Å². The van der Waals surface area contributed by atoms with Crippen LogP contribution in [0.2, 0.25) is 6.04 Å². The van der Waals surface area contributed by atoms with Crippen molar-refractivity contribution in [3.05, 3.63) is 0 Å². The molecule has 0 aliphatic rings. The summed E-state index contributed by atoms with van der Waals surface area (Å²) in [6, 6.07) is 0.635. The number of hydrogen-bond donors (Lipinski definition) is 0. The van der Waals surface area contributed by atoms with E-state index in [1.807, 2.05) is 20.8 Å². The SMILES string of the molecule is CCO[Si](CC(=S)SCC)(OCC)OCC. The van der Waals surface area contributed by atoms with Gasteiger partial charge in [-0.15, -0.1) is 11.8 Å². The van der Waals surface area contributed by atoms with E-state index in [0.717, 1.165) is 9.95 Å². The standard InChI is InChI=1S/C10H22O3S2Si/c1-5-11-16(12-6-2,13-7-3)9-10(14)15-8-4/h5-9H2,1-4H3. The van der Waals surface area contributed by atoms with E-state index in [1.165, 1.54) is 0 Å². The number of rotatable bonds is 9. The van der Waals surface area contributed by atoms with Crippen molar-refractivity contribution in [3.8, 4) is 0 Å². The van der Waals surface area contributed by atoms with Crippen molar-refractivity contribution in [2.75, 3.05) is 25.6 Å². The zero-order valence-corrected chi connectivity index (χ0v) is 13.2. The Balaban J connectivity index is 4.51. The lowest BCUT2D eigenvalue weighted by Crippen LogP contribution is -2.47. The van der Waals surface area contributed by atoms with Crippen molar-refractivity contribution in [3.63, 3.8) is 0 Å². The van der Waals surface area contributed by atoms with Crippen LogP contribution in [0.15, 0.2) is 0 Å². The van der Waals surface area contributed by atoms with Gasteiger partial charge in [-0.25, -0.2) is 0 Å². The molecular formula is C10H22O3S2Si. The lowest BCUT2D eigenvalue weighted by Gasteiger charge is -2.28. The van der Waals surface area contributed by atoms with Crippen LogP contribution >= 0.6 is 24.0 Å². The highest BCUT2D eigenvalue weighted by Crippen LogP contribution is 2.21. The van der Waals surface area contributed by atoms with Gasteiger partial charge in [-0.1, -0.05) is 19.1 Å². The first-order valence-electron chi connectivity index (χ1n) is 5.71. The third-order valence-electron chi connectivity index (χ3n) is 1.76. The van der Waals surface area contributed by atoms with E-state index in [2.05, 4.69) is 6.92 Å². The van der Waals surface area contributed by atoms with Gasteiger partial charge in [0.15, 0.2) is 0 Å². The summed E-state index contributed by atoms with van der Waals surface area (Å²) in [5, 5.41) is 0. The van der Waals surface area contributed by atoms with Crippen LogP contribution in [-0.2, 0) is 13.3 Å². The molecule has 16 heavy (non-hydrogen) atoms. The van der Waals surface area contributed by atoms with Gasteiger partial charge in [0, 0.05) is 19.8 Å². The first kappa shape index (κ1) is 16.5. The van der Waals surface area contributed by atoms with E-state index in [1.54, 1.807) is 11.8 Å². The van der Waals surface area contributed by atoms with Crippen LogP contribution in [0.4, 0.5) is 0 Å². The second-order valence-corrected chi connectivity index (χ2v) is 7.66. The summed E-state index contributed by atoms with van der Waals surface area (Å²) >= 11 is 6.96. The van der Waals surface area contributed by atoms with Gasteiger partial charge in [0.2, 0.25) is 0 Å². The topological polar surface area (TPSA) is 27.7 Å². The minimum atomic E-state index is -2.56.